The van der Waals surface area contributed by atoms with Gasteiger partial charge in [0.2, 0.25) is 0 Å². The Hall–Kier alpha value is -0.960. The van der Waals surface area contributed by atoms with Gasteiger partial charge in [0.25, 0.3) is 0 Å². The van der Waals surface area contributed by atoms with Crippen LogP contribution in [0.5, 0.6) is 0 Å². The number of rotatable bonds is 0. The SMILES string of the molecule is C=CC#CC=CC. The lowest BCUT2D eigenvalue weighted by Gasteiger charge is -1.58. The molecule has 0 aromatic rings. The van der Waals surface area contributed by atoms with Gasteiger partial charge in [0.15, 0.2) is 0 Å². The van der Waals surface area contributed by atoms with Gasteiger partial charge in [0.05, 0.1) is 0 Å². The maximum Gasteiger partial charge on any atom is -0.0158 e. The molecule has 0 aliphatic heterocycles. The van der Waals surface area contributed by atoms with Gasteiger partial charge in [0, 0.05) is 0 Å². The molecule has 0 rings (SSSR count). The lowest BCUT2D eigenvalue weighted by Crippen LogP contribution is -1.44. The molecule has 0 N–H and O–H groups in total. The van der Waals surface area contributed by atoms with Crippen LogP contribution in [0.4, 0.5) is 0 Å². The quantitative estimate of drug-likeness (QED) is 0.399. The lowest BCUT2D eigenvalue weighted by atomic mass is 10.5. The summed E-state index contributed by atoms with van der Waals surface area (Å²) in [5.74, 6) is 5.41. The lowest BCUT2D eigenvalue weighted by molar-refractivity contribution is 1.76. The van der Waals surface area contributed by atoms with E-state index in [9.17, 15) is 0 Å². The van der Waals surface area contributed by atoms with Crippen LogP contribution in [0.15, 0.2) is 24.8 Å². The predicted molar refractivity (Wildman–Crippen MR) is 32.8 cm³/mol. The second-order valence-electron chi connectivity index (χ2n) is 0.993. The molecule has 0 aromatic heterocycles. The van der Waals surface area contributed by atoms with Crippen molar-refractivity contribution in [1.82, 2.24) is 0 Å². The summed E-state index contributed by atoms with van der Waals surface area (Å²) in [6.45, 7) is 5.35. The van der Waals surface area contributed by atoms with Crippen molar-refractivity contribution in [1.29, 1.82) is 0 Å². The summed E-state index contributed by atoms with van der Waals surface area (Å²) in [7, 11) is 0. The molecule has 0 aliphatic carbocycles. The van der Waals surface area contributed by atoms with Crippen LogP contribution in [0, 0.1) is 11.8 Å². The minimum absolute atomic E-state index is 1.57. The molecule has 0 amide bonds. The third-order valence-electron chi connectivity index (χ3n) is 0.435. The van der Waals surface area contributed by atoms with Crippen molar-refractivity contribution in [3.8, 4) is 11.8 Å². The van der Waals surface area contributed by atoms with E-state index < -0.39 is 0 Å². The summed E-state index contributed by atoms with van der Waals surface area (Å²) in [5.41, 5.74) is 0. The number of allylic oxidation sites excluding steroid dienone is 3. The molecule has 0 aliphatic rings. The van der Waals surface area contributed by atoms with Crippen LogP contribution < -0.4 is 0 Å². The molecule has 0 bridgehead atoms. The second-order valence-corrected chi connectivity index (χ2v) is 0.993. The Bertz CT molecular complexity index is 119. The Morgan fingerprint density at radius 1 is 1.43 bits per heavy atom. The fourth-order valence-corrected chi connectivity index (χ4v) is 0.190. The molecule has 0 aromatic carbocycles. The van der Waals surface area contributed by atoms with Crippen molar-refractivity contribution in [2.24, 2.45) is 0 Å². The Balaban J connectivity index is 3.45. The number of hydrogen-bond acceptors (Lipinski definition) is 0. The molecule has 0 saturated carbocycles. The molecule has 0 saturated heterocycles. The van der Waals surface area contributed by atoms with Crippen LogP contribution in [0.2, 0.25) is 0 Å². The molecule has 7 heavy (non-hydrogen) atoms. The zero-order valence-electron chi connectivity index (χ0n) is 4.44. The van der Waals surface area contributed by atoms with Gasteiger partial charge in [-0.3, -0.25) is 0 Å². The highest BCUT2D eigenvalue weighted by Gasteiger charge is 1.48. The summed E-state index contributed by atoms with van der Waals surface area (Å²) in [5, 5.41) is 0. The maximum absolute atomic E-state index is 3.42. The standard InChI is InChI=1S/C7H8/c1-3-5-7-6-4-2/h3-4,6H,1H2,2H3. The molecule has 0 radical (unpaired) electrons. The van der Waals surface area contributed by atoms with Crippen molar-refractivity contribution < 1.29 is 0 Å². The first kappa shape index (κ1) is 6.04. The molecular formula is C7H8. The Kier molecular flexibility index (Phi) is 4.35. The third kappa shape index (κ3) is 5.04. The van der Waals surface area contributed by atoms with Gasteiger partial charge < -0.3 is 0 Å². The average Bonchev–Trinajstić information content (AvgIpc) is 1.69. The van der Waals surface area contributed by atoms with Gasteiger partial charge in [-0.1, -0.05) is 24.5 Å². The molecule has 0 spiro atoms. The van der Waals surface area contributed by atoms with Gasteiger partial charge in [-0.15, -0.1) is 0 Å². The molecule has 0 atom stereocenters. The largest absolute Gasteiger partial charge is 0.0906 e. The van der Waals surface area contributed by atoms with E-state index in [1.807, 2.05) is 13.0 Å². The highest BCUT2D eigenvalue weighted by Crippen LogP contribution is 1.63. The van der Waals surface area contributed by atoms with Gasteiger partial charge in [0.1, 0.15) is 0 Å². The second kappa shape index (κ2) is 5.04. The number of hydrogen-bond donors (Lipinski definition) is 0. The van der Waals surface area contributed by atoms with Crippen LogP contribution in [0.1, 0.15) is 6.92 Å². The fourth-order valence-electron chi connectivity index (χ4n) is 0.190. The smallest absolute Gasteiger partial charge is 0.0158 e. The highest BCUT2D eigenvalue weighted by molar-refractivity contribution is 5.21. The Morgan fingerprint density at radius 3 is 2.57 bits per heavy atom. The first-order chi connectivity index (χ1) is 3.41. The van der Waals surface area contributed by atoms with E-state index in [2.05, 4.69) is 18.4 Å². The van der Waals surface area contributed by atoms with E-state index in [4.69, 9.17) is 0 Å². The summed E-state index contributed by atoms with van der Waals surface area (Å²) in [6, 6.07) is 0. The van der Waals surface area contributed by atoms with Crippen molar-refractivity contribution in [3.05, 3.63) is 24.8 Å². The maximum atomic E-state index is 3.42. The van der Waals surface area contributed by atoms with E-state index in [-0.39, 0.29) is 0 Å². The first-order valence-electron chi connectivity index (χ1n) is 2.15. The molecule has 0 heterocycles. The highest BCUT2D eigenvalue weighted by atomic mass is 13.5. The molecular weight excluding hydrogens is 84.1 g/mol. The van der Waals surface area contributed by atoms with Gasteiger partial charge >= 0.3 is 0 Å². The predicted octanol–water partition coefficient (Wildman–Crippen LogP) is 1.75. The molecule has 0 unspecified atom stereocenters. The monoisotopic (exact) mass is 92.1 g/mol. The fraction of sp³-hybridized carbons (Fsp3) is 0.143. The minimum Gasteiger partial charge on any atom is -0.0906 e. The van der Waals surface area contributed by atoms with Crippen molar-refractivity contribution in [2.45, 2.75) is 6.92 Å². The summed E-state index contributed by atoms with van der Waals surface area (Å²) < 4.78 is 0. The van der Waals surface area contributed by atoms with Crippen LogP contribution >= 0.6 is 0 Å². The van der Waals surface area contributed by atoms with E-state index in [1.165, 1.54) is 0 Å². The molecule has 0 heteroatoms. The Morgan fingerprint density at radius 2 is 2.14 bits per heavy atom. The zero-order valence-corrected chi connectivity index (χ0v) is 4.44. The summed E-state index contributed by atoms with van der Waals surface area (Å²) in [4.78, 5) is 0. The van der Waals surface area contributed by atoms with Crippen molar-refractivity contribution >= 4 is 0 Å². The van der Waals surface area contributed by atoms with Crippen LogP contribution in [-0.4, -0.2) is 0 Å². The van der Waals surface area contributed by atoms with E-state index in [1.54, 1.807) is 12.2 Å². The third-order valence-corrected chi connectivity index (χ3v) is 0.435. The van der Waals surface area contributed by atoms with Gasteiger partial charge in [-0.2, -0.15) is 0 Å². The molecule has 0 fully saturated rings. The molecule has 36 valence electrons. The normalized spacial score (nSPS) is 7.57. The van der Waals surface area contributed by atoms with Gasteiger partial charge in [-0.25, -0.2) is 0 Å². The van der Waals surface area contributed by atoms with Gasteiger partial charge in [-0.05, 0) is 19.1 Å². The van der Waals surface area contributed by atoms with E-state index >= 15 is 0 Å². The van der Waals surface area contributed by atoms with Crippen LogP contribution in [0.25, 0.3) is 0 Å². The van der Waals surface area contributed by atoms with Crippen LogP contribution in [-0.2, 0) is 0 Å². The molecule has 0 nitrogen and oxygen atoms in total. The first-order valence-corrected chi connectivity index (χ1v) is 2.15. The minimum atomic E-state index is 1.57. The topological polar surface area (TPSA) is 0 Å². The Labute approximate surface area is 44.5 Å². The van der Waals surface area contributed by atoms with E-state index in [0.29, 0.717) is 0 Å². The van der Waals surface area contributed by atoms with Crippen molar-refractivity contribution in [3.63, 3.8) is 0 Å². The van der Waals surface area contributed by atoms with Crippen LogP contribution in [0.3, 0.4) is 0 Å². The average molecular weight is 92.1 g/mol. The van der Waals surface area contributed by atoms with E-state index in [0.717, 1.165) is 0 Å². The zero-order chi connectivity index (χ0) is 5.54. The van der Waals surface area contributed by atoms with Crippen molar-refractivity contribution in [2.75, 3.05) is 0 Å². The summed E-state index contributed by atoms with van der Waals surface area (Å²) >= 11 is 0. The summed E-state index contributed by atoms with van der Waals surface area (Å²) in [6.07, 6.45) is 5.23.